The first kappa shape index (κ1) is 17.0. The van der Waals surface area contributed by atoms with Gasteiger partial charge in [0.2, 0.25) is 0 Å². The maximum absolute atomic E-state index is 12.8. The Kier molecular flexibility index (Phi) is 4.11. The molecule has 2 aliphatic rings. The van der Waals surface area contributed by atoms with E-state index in [1.54, 1.807) is 11.3 Å². The van der Waals surface area contributed by atoms with Crippen molar-refractivity contribution in [3.8, 4) is 11.3 Å². The summed E-state index contributed by atoms with van der Waals surface area (Å²) in [5.41, 5.74) is 3.02. The third-order valence-electron chi connectivity index (χ3n) is 5.07. The number of rotatable bonds is 2. The fraction of sp³-hybridized carbons (Fsp3) is 0.250. The van der Waals surface area contributed by atoms with E-state index in [1.807, 2.05) is 36.4 Å². The fourth-order valence-corrected chi connectivity index (χ4v) is 5.28. The first-order chi connectivity index (χ1) is 13.1. The lowest BCUT2D eigenvalue weighted by Crippen LogP contribution is -2.38. The minimum Gasteiger partial charge on any atom is -0.457 e. The van der Waals surface area contributed by atoms with Crippen LogP contribution in [0.4, 0.5) is 5.00 Å². The van der Waals surface area contributed by atoms with Crippen molar-refractivity contribution in [2.45, 2.75) is 19.1 Å². The Labute approximate surface area is 169 Å². The lowest BCUT2D eigenvalue weighted by Gasteiger charge is -2.26. The van der Waals surface area contributed by atoms with Crippen LogP contribution in [0, 0.1) is 0 Å². The van der Waals surface area contributed by atoms with Gasteiger partial charge < -0.3 is 20.0 Å². The molecule has 5 nitrogen and oxygen atoms in total. The van der Waals surface area contributed by atoms with E-state index < -0.39 is 0 Å². The van der Waals surface area contributed by atoms with Crippen LogP contribution >= 0.6 is 27.3 Å². The minimum absolute atomic E-state index is 0.0163. The second-order valence-electron chi connectivity index (χ2n) is 6.96. The topological polar surface area (TPSA) is 57.5 Å². The Morgan fingerprint density at radius 2 is 2.00 bits per heavy atom. The van der Waals surface area contributed by atoms with Crippen molar-refractivity contribution in [1.29, 1.82) is 0 Å². The number of hydrogen-bond donors (Lipinski definition) is 2. The van der Waals surface area contributed by atoms with Gasteiger partial charge >= 0.3 is 0 Å². The summed E-state index contributed by atoms with van der Waals surface area (Å²) in [5, 5.41) is 7.46. The van der Waals surface area contributed by atoms with Gasteiger partial charge in [-0.1, -0.05) is 28.1 Å². The van der Waals surface area contributed by atoms with E-state index >= 15 is 0 Å². The number of hydrogen-bond acceptors (Lipinski definition) is 5. The Balaban J connectivity index is 1.44. The summed E-state index contributed by atoms with van der Waals surface area (Å²) >= 11 is 5.13. The van der Waals surface area contributed by atoms with E-state index in [2.05, 4.69) is 38.5 Å². The zero-order valence-corrected chi connectivity index (χ0v) is 17.1. The van der Waals surface area contributed by atoms with Crippen molar-refractivity contribution >= 4 is 38.2 Å². The molecular formula is C20H18BrN3O2S. The molecule has 0 bridgehead atoms. The van der Waals surface area contributed by atoms with Gasteiger partial charge in [-0.25, -0.2) is 0 Å². The number of fused-ring (bicyclic) bond motifs is 3. The molecule has 5 rings (SSSR count). The lowest BCUT2D eigenvalue weighted by atomic mass is 10.0. The second kappa shape index (κ2) is 6.51. The maximum Gasteiger partial charge on any atom is 0.256 e. The molecule has 4 heterocycles. The molecule has 1 unspecified atom stereocenters. The highest BCUT2D eigenvalue weighted by atomic mass is 79.9. The summed E-state index contributed by atoms with van der Waals surface area (Å²) in [5.74, 6) is 1.47. The molecule has 27 heavy (non-hydrogen) atoms. The predicted molar refractivity (Wildman–Crippen MR) is 110 cm³/mol. The molecule has 138 valence electrons. The number of likely N-dealkylation sites (N-methyl/N-ethyl adjacent to an activating group) is 1. The summed E-state index contributed by atoms with van der Waals surface area (Å²) in [4.78, 5) is 16.4. The third kappa shape index (κ3) is 2.99. The summed E-state index contributed by atoms with van der Waals surface area (Å²) in [6, 6.07) is 11.8. The molecule has 3 aromatic rings. The van der Waals surface area contributed by atoms with Gasteiger partial charge in [-0.3, -0.25) is 4.79 Å². The van der Waals surface area contributed by atoms with Crippen molar-refractivity contribution in [3.63, 3.8) is 0 Å². The van der Waals surface area contributed by atoms with Gasteiger partial charge in [-0.15, -0.1) is 11.3 Å². The molecule has 0 radical (unpaired) electrons. The molecule has 1 amide bonds. The van der Waals surface area contributed by atoms with E-state index in [-0.39, 0.29) is 12.1 Å². The average Bonchev–Trinajstić information content (AvgIpc) is 3.26. The number of furan rings is 1. The average molecular weight is 444 g/mol. The summed E-state index contributed by atoms with van der Waals surface area (Å²) in [6.07, 6.45) is 0.568. The van der Waals surface area contributed by atoms with Crippen molar-refractivity contribution in [2.24, 2.45) is 0 Å². The van der Waals surface area contributed by atoms with Gasteiger partial charge in [0.15, 0.2) is 6.17 Å². The van der Waals surface area contributed by atoms with E-state index in [1.165, 1.54) is 10.4 Å². The van der Waals surface area contributed by atoms with Crippen LogP contribution in [0.25, 0.3) is 11.3 Å². The number of thiophene rings is 1. The zero-order chi connectivity index (χ0) is 18.5. The smallest absolute Gasteiger partial charge is 0.256 e. The number of nitrogens with one attached hydrogen (secondary N) is 2. The van der Waals surface area contributed by atoms with Crippen LogP contribution in [0.15, 0.2) is 45.3 Å². The highest BCUT2D eigenvalue weighted by Gasteiger charge is 2.33. The van der Waals surface area contributed by atoms with Gasteiger partial charge in [-0.05, 0) is 43.3 Å². The maximum atomic E-state index is 12.8. The second-order valence-corrected chi connectivity index (χ2v) is 8.98. The van der Waals surface area contributed by atoms with Crippen LogP contribution in [-0.2, 0) is 13.0 Å². The number of nitrogens with zero attached hydrogens (tertiary/aromatic N) is 1. The van der Waals surface area contributed by atoms with Gasteiger partial charge in [-0.2, -0.15) is 0 Å². The normalized spacial score (nSPS) is 19.2. The minimum atomic E-state index is -0.355. The molecular weight excluding hydrogens is 426 g/mol. The summed E-state index contributed by atoms with van der Waals surface area (Å²) in [6.45, 7) is 1.89. The molecule has 1 atom stereocenters. The first-order valence-electron chi connectivity index (χ1n) is 8.84. The molecule has 2 aliphatic heterocycles. The fourth-order valence-electron chi connectivity index (χ4n) is 3.66. The van der Waals surface area contributed by atoms with Crippen LogP contribution in [0.3, 0.4) is 0 Å². The predicted octanol–water partition coefficient (Wildman–Crippen LogP) is 4.61. The molecule has 1 aromatic carbocycles. The molecule has 0 saturated carbocycles. The standard InChI is InChI=1S/C20H18BrN3O2S/c1-24-9-8-13-16(10-24)27-20-17(13)19(25)22-18(23-20)15-7-6-14(26-15)11-2-4-12(21)5-3-11/h2-7,18,23H,8-10H2,1H3,(H,22,25). The summed E-state index contributed by atoms with van der Waals surface area (Å²) < 4.78 is 7.06. The molecule has 2 N–H and O–H groups in total. The number of anilines is 1. The van der Waals surface area contributed by atoms with Crippen LogP contribution in [0.1, 0.15) is 32.7 Å². The van der Waals surface area contributed by atoms with Gasteiger partial charge in [0, 0.05) is 28.0 Å². The van der Waals surface area contributed by atoms with Crippen LogP contribution in [-0.4, -0.2) is 24.4 Å². The van der Waals surface area contributed by atoms with Crippen molar-refractivity contribution in [3.05, 3.63) is 62.6 Å². The zero-order valence-electron chi connectivity index (χ0n) is 14.7. The van der Waals surface area contributed by atoms with E-state index in [9.17, 15) is 4.79 Å². The number of carbonyl (C=O) groups excluding carboxylic acids is 1. The Bertz CT molecular complexity index is 1020. The van der Waals surface area contributed by atoms with Gasteiger partial charge in [0.05, 0.1) is 5.56 Å². The van der Waals surface area contributed by atoms with Crippen LogP contribution in [0.2, 0.25) is 0 Å². The van der Waals surface area contributed by atoms with Crippen molar-refractivity contribution < 1.29 is 9.21 Å². The number of halogens is 1. The summed E-state index contributed by atoms with van der Waals surface area (Å²) in [7, 11) is 2.12. The number of amides is 1. The van der Waals surface area contributed by atoms with E-state index in [0.717, 1.165) is 45.9 Å². The number of benzene rings is 1. The SMILES string of the molecule is CN1CCc2c(sc3c2C(=O)NC(c2ccc(-c4ccc(Br)cc4)o2)N3)C1. The van der Waals surface area contributed by atoms with Gasteiger partial charge in [0.25, 0.3) is 5.91 Å². The van der Waals surface area contributed by atoms with Gasteiger partial charge in [0.1, 0.15) is 16.5 Å². The molecule has 0 saturated heterocycles. The van der Waals surface area contributed by atoms with E-state index in [0.29, 0.717) is 5.76 Å². The quantitative estimate of drug-likeness (QED) is 0.606. The Morgan fingerprint density at radius 3 is 2.81 bits per heavy atom. The lowest BCUT2D eigenvalue weighted by molar-refractivity contribution is 0.0930. The molecule has 0 aliphatic carbocycles. The third-order valence-corrected chi connectivity index (χ3v) is 6.74. The number of carbonyl (C=O) groups is 1. The Morgan fingerprint density at radius 1 is 1.19 bits per heavy atom. The first-order valence-corrected chi connectivity index (χ1v) is 10.5. The molecule has 2 aromatic heterocycles. The Hall–Kier alpha value is -2.09. The molecule has 0 spiro atoms. The molecule has 0 fully saturated rings. The van der Waals surface area contributed by atoms with Crippen LogP contribution in [0.5, 0.6) is 0 Å². The highest BCUT2D eigenvalue weighted by Crippen LogP contribution is 2.41. The van der Waals surface area contributed by atoms with Crippen LogP contribution < -0.4 is 10.6 Å². The highest BCUT2D eigenvalue weighted by molar-refractivity contribution is 9.10. The van der Waals surface area contributed by atoms with Crippen molar-refractivity contribution in [1.82, 2.24) is 10.2 Å². The van der Waals surface area contributed by atoms with E-state index in [4.69, 9.17) is 4.42 Å². The van der Waals surface area contributed by atoms with Crippen molar-refractivity contribution in [2.75, 3.05) is 18.9 Å². The molecule has 7 heteroatoms. The monoisotopic (exact) mass is 443 g/mol. The largest absolute Gasteiger partial charge is 0.457 e.